The van der Waals surface area contributed by atoms with E-state index < -0.39 is 5.69 Å². The summed E-state index contributed by atoms with van der Waals surface area (Å²) in [5, 5.41) is 0.363. The number of carbonyl (C=O) groups is 1. The molecule has 0 aliphatic carbocycles. The molecule has 1 amide bonds. The second kappa shape index (κ2) is 12.5. The van der Waals surface area contributed by atoms with E-state index in [-0.39, 0.29) is 18.0 Å². The molecular weight excluding hydrogens is 488 g/mol. The van der Waals surface area contributed by atoms with Crippen molar-refractivity contribution in [3.8, 4) is 17.2 Å². The minimum Gasteiger partial charge on any atom is -0.497 e. The van der Waals surface area contributed by atoms with Gasteiger partial charge < -0.3 is 29.0 Å². The van der Waals surface area contributed by atoms with E-state index in [9.17, 15) is 14.4 Å². The Morgan fingerprint density at radius 2 is 1.58 bits per heavy atom. The van der Waals surface area contributed by atoms with Crippen LogP contribution in [0.2, 0.25) is 0 Å². The number of carbonyl (C=O) groups excluding carboxylic acids is 1. The maximum atomic E-state index is 13.1. The number of hydrogen-bond donors (Lipinski definition) is 1. The van der Waals surface area contributed by atoms with Crippen LogP contribution >= 0.6 is 0 Å². The quantitative estimate of drug-likeness (QED) is 0.385. The molecule has 1 fully saturated rings. The number of methoxy groups -OCH3 is 1. The first-order chi connectivity index (χ1) is 18.4. The summed E-state index contributed by atoms with van der Waals surface area (Å²) in [6.45, 7) is 7.68. The van der Waals surface area contributed by atoms with E-state index in [1.807, 2.05) is 43.0 Å². The first-order valence-electron chi connectivity index (χ1n) is 13.2. The van der Waals surface area contributed by atoms with Crippen LogP contribution < -0.4 is 30.4 Å². The Kier molecular flexibility index (Phi) is 8.93. The van der Waals surface area contributed by atoms with E-state index in [2.05, 4.69) is 9.88 Å². The molecule has 0 bridgehead atoms. The third kappa shape index (κ3) is 6.12. The van der Waals surface area contributed by atoms with Gasteiger partial charge in [-0.3, -0.25) is 14.2 Å². The third-order valence-electron chi connectivity index (χ3n) is 6.74. The average Bonchev–Trinajstić information content (AvgIpc) is 2.93. The number of nitrogens with one attached hydrogen (secondary N) is 1. The Morgan fingerprint density at radius 1 is 0.921 bits per heavy atom. The smallest absolute Gasteiger partial charge is 0.328 e. The highest BCUT2D eigenvalue weighted by atomic mass is 16.5. The fourth-order valence-corrected chi connectivity index (χ4v) is 4.71. The lowest BCUT2D eigenvalue weighted by Crippen LogP contribution is -2.48. The van der Waals surface area contributed by atoms with E-state index in [0.717, 1.165) is 24.5 Å². The van der Waals surface area contributed by atoms with Gasteiger partial charge in [0.15, 0.2) is 11.5 Å². The number of amides is 1. The zero-order valence-corrected chi connectivity index (χ0v) is 22.3. The Balaban J connectivity index is 1.31. The Labute approximate surface area is 221 Å². The number of fused-ring (bicyclic) bond motifs is 1. The summed E-state index contributed by atoms with van der Waals surface area (Å²) in [6, 6.07) is 11.2. The van der Waals surface area contributed by atoms with Crippen LogP contribution in [0.4, 0.5) is 5.69 Å². The van der Waals surface area contributed by atoms with Crippen molar-refractivity contribution in [3.05, 3.63) is 57.2 Å². The van der Waals surface area contributed by atoms with Crippen LogP contribution in [0.3, 0.4) is 0 Å². The number of anilines is 1. The first kappa shape index (κ1) is 27.1. The third-order valence-corrected chi connectivity index (χ3v) is 6.74. The minimum atomic E-state index is -0.477. The molecule has 1 saturated heterocycles. The van der Waals surface area contributed by atoms with Crippen molar-refractivity contribution in [2.24, 2.45) is 0 Å². The summed E-state index contributed by atoms with van der Waals surface area (Å²) < 4.78 is 17.6. The Bertz CT molecular complexity index is 1360. The number of nitrogens with zero attached hydrogens (tertiary/aromatic N) is 3. The zero-order valence-electron chi connectivity index (χ0n) is 22.3. The van der Waals surface area contributed by atoms with Crippen molar-refractivity contribution in [2.45, 2.75) is 39.7 Å². The molecule has 0 atom stereocenters. The monoisotopic (exact) mass is 524 g/mol. The van der Waals surface area contributed by atoms with Gasteiger partial charge in [0.05, 0.1) is 31.2 Å². The number of benzene rings is 2. The zero-order chi connectivity index (χ0) is 27.1. The molecular formula is C28H36N4O6. The maximum absolute atomic E-state index is 13.1. The molecule has 4 rings (SSSR count). The van der Waals surface area contributed by atoms with E-state index in [4.69, 9.17) is 14.2 Å². The summed E-state index contributed by atoms with van der Waals surface area (Å²) in [5.74, 6) is 1.87. The summed E-state index contributed by atoms with van der Waals surface area (Å²) in [4.78, 5) is 45.4. The van der Waals surface area contributed by atoms with Crippen LogP contribution in [-0.4, -0.2) is 66.9 Å². The Morgan fingerprint density at radius 3 is 2.21 bits per heavy atom. The first-order valence-corrected chi connectivity index (χ1v) is 13.2. The van der Waals surface area contributed by atoms with Crippen LogP contribution in [0.15, 0.2) is 46.0 Å². The van der Waals surface area contributed by atoms with Crippen molar-refractivity contribution in [3.63, 3.8) is 0 Å². The molecule has 1 aliphatic heterocycles. The normalized spacial score (nSPS) is 13.6. The van der Waals surface area contributed by atoms with Gasteiger partial charge in [0.2, 0.25) is 5.91 Å². The van der Waals surface area contributed by atoms with Crippen LogP contribution in [0.5, 0.6) is 17.2 Å². The molecule has 10 heteroatoms. The second-order valence-corrected chi connectivity index (χ2v) is 9.12. The molecule has 1 aliphatic rings. The predicted octanol–water partition coefficient (Wildman–Crippen LogP) is 3.01. The lowest BCUT2D eigenvalue weighted by Gasteiger charge is -2.36. The highest BCUT2D eigenvalue weighted by Gasteiger charge is 2.21. The van der Waals surface area contributed by atoms with Crippen molar-refractivity contribution in [1.82, 2.24) is 14.5 Å². The second-order valence-electron chi connectivity index (χ2n) is 9.12. The molecule has 1 aromatic heterocycles. The molecule has 2 aromatic carbocycles. The summed E-state index contributed by atoms with van der Waals surface area (Å²) in [5.41, 5.74) is 0.669. The number of piperazine rings is 1. The number of rotatable bonds is 11. The van der Waals surface area contributed by atoms with Gasteiger partial charge in [0.25, 0.3) is 5.56 Å². The number of hydrogen-bond acceptors (Lipinski definition) is 7. The van der Waals surface area contributed by atoms with Crippen LogP contribution in [0, 0.1) is 0 Å². The molecule has 38 heavy (non-hydrogen) atoms. The number of aromatic amines is 1. The molecule has 3 aromatic rings. The van der Waals surface area contributed by atoms with Crippen LogP contribution in [-0.2, 0) is 11.3 Å². The molecule has 10 nitrogen and oxygen atoms in total. The van der Waals surface area contributed by atoms with Crippen molar-refractivity contribution < 1.29 is 19.0 Å². The van der Waals surface area contributed by atoms with Gasteiger partial charge in [-0.05, 0) is 57.0 Å². The molecule has 0 unspecified atom stereocenters. The highest BCUT2D eigenvalue weighted by molar-refractivity contribution is 5.81. The Hall–Kier alpha value is -3.95. The van der Waals surface area contributed by atoms with Crippen molar-refractivity contribution in [2.75, 3.05) is 51.4 Å². The van der Waals surface area contributed by atoms with Gasteiger partial charge in [-0.25, -0.2) is 4.79 Å². The molecule has 204 valence electrons. The van der Waals surface area contributed by atoms with Gasteiger partial charge in [-0.15, -0.1) is 0 Å². The lowest BCUT2D eigenvalue weighted by molar-refractivity contribution is -0.131. The topological polar surface area (TPSA) is 106 Å². The van der Waals surface area contributed by atoms with E-state index in [0.29, 0.717) is 68.0 Å². The van der Waals surface area contributed by atoms with Crippen molar-refractivity contribution in [1.29, 1.82) is 0 Å². The largest absolute Gasteiger partial charge is 0.497 e. The molecule has 1 N–H and O–H groups in total. The number of aromatic nitrogens is 2. The van der Waals surface area contributed by atoms with Gasteiger partial charge in [0, 0.05) is 50.9 Å². The molecule has 0 radical (unpaired) electrons. The van der Waals surface area contributed by atoms with Gasteiger partial charge in [0.1, 0.15) is 5.75 Å². The molecule has 2 heterocycles. The van der Waals surface area contributed by atoms with Gasteiger partial charge >= 0.3 is 5.69 Å². The summed E-state index contributed by atoms with van der Waals surface area (Å²) in [6.07, 6.45) is 1.52. The predicted molar refractivity (Wildman–Crippen MR) is 147 cm³/mol. The highest BCUT2D eigenvalue weighted by Crippen LogP contribution is 2.30. The van der Waals surface area contributed by atoms with Crippen LogP contribution in [0.1, 0.15) is 33.1 Å². The number of unbranched alkanes of at least 4 members (excludes halogenated alkanes) is 1. The van der Waals surface area contributed by atoms with Crippen molar-refractivity contribution >= 4 is 22.5 Å². The number of H-pyrrole nitrogens is 1. The number of ether oxygens (including phenoxy) is 3. The average molecular weight is 525 g/mol. The van der Waals surface area contributed by atoms with E-state index >= 15 is 0 Å². The molecule has 0 spiro atoms. The summed E-state index contributed by atoms with van der Waals surface area (Å²) >= 11 is 0. The maximum Gasteiger partial charge on any atom is 0.328 e. The fourth-order valence-electron chi connectivity index (χ4n) is 4.71. The SMILES string of the molecule is CCOc1cc2[nH]c(=O)n(CCCCC(=O)N3CCN(c4ccc(OC)cc4)CC3)c(=O)c2cc1OCC. The van der Waals surface area contributed by atoms with E-state index in [1.165, 1.54) is 4.57 Å². The lowest BCUT2D eigenvalue weighted by atomic mass is 10.2. The van der Waals surface area contributed by atoms with E-state index in [1.54, 1.807) is 19.2 Å². The molecule has 0 saturated carbocycles. The summed E-state index contributed by atoms with van der Waals surface area (Å²) in [7, 11) is 1.65. The fraction of sp³-hybridized carbons (Fsp3) is 0.464. The minimum absolute atomic E-state index is 0.101. The standard InChI is InChI=1S/C28H36N4O6/c1-4-37-24-18-22-23(19-25(24)38-5-2)29-28(35)32(27(22)34)13-7-6-8-26(33)31-16-14-30(15-17-31)20-9-11-21(36-3)12-10-20/h9-12,18-19H,4-8,13-17H2,1-3H3,(H,29,35). The van der Waals surface area contributed by atoms with Crippen LogP contribution in [0.25, 0.3) is 10.9 Å². The van der Waals surface area contributed by atoms with Gasteiger partial charge in [-0.1, -0.05) is 0 Å². The van der Waals surface area contributed by atoms with Gasteiger partial charge in [-0.2, -0.15) is 0 Å².